The summed E-state index contributed by atoms with van der Waals surface area (Å²) in [6, 6.07) is 6.05. The van der Waals surface area contributed by atoms with Gasteiger partial charge in [-0.25, -0.2) is 0 Å². The lowest BCUT2D eigenvalue weighted by Crippen LogP contribution is -2.37. The van der Waals surface area contributed by atoms with Crippen molar-refractivity contribution in [2.45, 2.75) is 32.2 Å². The van der Waals surface area contributed by atoms with Crippen LogP contribution in [0, 0.1) is 12.8 Å². The number of carbonyl (C=O) groups is 1. The van der Waals surface area contributed by atoms with E-state index < -0.39 is 0 Å². The highest BCUT2D eigenvalue weighted by molar-refractivity contribution is 9.10. The zero-order valence-electron chi connectivity index (χ0n) is 10.4. The number of amides is 1. The van der Waals surface area contributed by atoms with Crippen molar-refractivity contribution in [2.24, 2.45) is 5.92 Å². The largest absolute Gasteiger partial charge is 0.349 e. The van der Waals surface area contributed by atoms with E-state index in [4.69, 9.17) is 0 Å². The Bertz CT molecular complexity index is 447. The van der Waals surface area contributed by atoms with E-state index in [0.717, 1.165) is 27.4 Å². The topological polar surface area (TPSA) is 29.1 Å². The normalized spacial score (nSPS) is 23.1. The van der Waals surface area contributed by atoms with Crippen molar-refractivity contribution in [3.63, 3.8) is 0 Å². The van der Waals surface area contributed by atoms with Gasteiger partial charge in [-0.1, -0.05) is 38.3 Å². The first kappa shape index (κ1) is 14.1. The van der Waals surface area contributed by atoms with Crippen molar-refractivity contribution in [3.05, 3.63) is 33.8 Å². The summed E-state index contributed by atoms with van der Waals surface area (Å²) in [5, 5.41) is 4.13. The molecule has 2 unspecified atom stereocenters. The maximum atomic E-state index is 12.2. The first-order valence-electron chi connectivity index (χ1n) is 6.25. The third kappa shape index (κ3) is 3.15. The zero-order chi connectivity index (χ0) is 13.1. The summed E-state index contributed by atoms with van der Waals surface area (Å²) in [5.41, 5.74) is 1.84. The summed E-state index contributed by atoms with van der Waals surface area (Å²) in [7, 11) is 0. The lowest BCUT2D eigenvalue weighted by molar-refractivity contribution is 0.0930. The number of rotatable bonds is 3. The molecule has 0 spiro atoms. The third-order valence-corrected chi connectivity index (χ3v) is 5.32. The molecule has 0 heterocycles. The Balaban J connectivity index is 2.05. The predicted molar refractivity (Wildman–Crippen MR) is 81.3 cm³/mol. The Morgan fingerprint density at radius 3 is 2.89 bits per heavy atom. The van der Waals surface area contributed by atoms with Gasteiger partial charge >= 0.3 is 0 Å². The average molecular weight is 375 g/mol. The number of benzene rings is 1. The van der Waals surface area contributed by atoms with Crippen LogP contribution in [0.15, 0.2) is 22.7 Å². The highest BCUT2D eigenvalue weighted by Crippen LogP contribution is 2.27. The van der Waals surface area contributed by atoms with Crippen molar-refractivity contribution in [3.8, 4) is 0 Å². The van der Waals surface area contributed by atoms with Crippen LogP contribution in [0.5, 0.6) is 0 Å². The Hall–Kier alpha value is -0.350. The van der Waals surface area contributed by atoms with E-state index >= 15 is 0 Å². The number of hydrogen-bond acceptors (Lipinski definition) is 1. The standard InChI is InChI=1S/C14H17Br2NO/c1-9-7-10(5-6-12(9)16)14(18)17-13-4-2-3-11(13)8-15/h5-7,11,13H,2-4,8H2,1H3,(H,17,18). The van der Waals surface area contributed by atoms with Crippen LogP contribution in [0.2, 0.25) is 0 Å². The van der Waals surface area contributed by atoms with Gasteiger partial charge in [-0.2, -0.15) is 0 Å². The molecule has 1 aromatic rings. The van der Waals surface area contributed by atoms with E-state index in [0.29, 0.717) is 12.0 Å². The van der Waals surface area contributed by atoms with Gasteiger partial charge in [0, 0.05) is 21.4 Å². The Kier molecular flexibility index (Phi) is 4.84. The molecule has 98 valence electrons. The summed E-state index contributed by atoms with van der Waals surface area (Å²) < 4.78 is 1.04. The van der Waals surface area contributed by atoms with Gasteiger partial charge in [0.2, 0.25) is 0 Å². The molecule has 2 rings (SSSR count). The third-order valence-electron chi connectivity index (χ3n) is 3.59. The minimum absolute atomic E-state index is 0.0449. The SMILES string of the molecule is Cc1cc(C(=O)NC2CCCC2CBr)ccc1Br. The van der Waals surface area contributed by atoms with Crippen LogP contribution < -0.4 is 5.32 Å². The van der Waals surface area contributed by atoms with Gasteiger partial charge in [-0.15, -0.1) is 0 Å². The fraction of sp³-hybridized carbons (Fsp3) is 0.500. The van der Waals surface area contributed by atoms with Gasteiger partial charge < -0.3 is 5.32 Å². The molecule has 2 atom stereocenters. The van der Waals surface area contributed by atoms with Crippen LogP contribution in [-0.2, 0) is 0 Å². The number of carbonyl (C=O) groups excluding carboxylic acids is 1. The number of alkyl halides is 1. The van der Waals surface area contributed by atoms with E-state index in [2.05, 4.69) is 37.2 Å². The van der Waals surface area contributed by atoms with Gasteiger partial charge in [0.15, 0.2) is 0 Å². The molecule has 1 fully saturated rings. The van der Waals surface area contributed by atoms with E-state index in [1.807, 2.05) is 25.1 Å². The molecule has 1 saturated carbocycles. The van der Waals surface area contributed by atoms with Crippen LogP contribution >= 0.6 is 31.9 Å². The second-order valence-corrected chi connectivity index (χ2v) is 6.39. The summed E-state index contributed by atoms with van der Waals surface area (Å²) in [4.78, 5) is 12.2. The minimum atomic E-state index is 0.0449. The number of hydrogen-bond donors (Lipinski definition) is 1. The molecule has 1 N–H and O–H groups in total. The first-order valence-corrected chi connectivity index (χ1v) is 8.16. The van der Waals surface area contributed by atoms with Crippen LogP contribution in [0.4, 0.5) is 0 Å². The van der Waals surface area contributed by atoms with Crippen molar-refractivity contribution < 1.29 is 4.79 Å². The van der Waals surface area contributed by atoms with Crippen molar-refractivity contribution >= 4 is 37.8 Å². The Morgan fingerprint density at radius 1 is 1.44 bits per heavy atom. The molecule has 4 heteroatoms. The molecule has 1 amide bonds. The molecule has 1 aromatic carbocycles. The molecule has 1 aliphatic carbocycles. The monoisotopic (exact) mass is 373 g/mol. The van der Waals surface area contributed by atoms with E-state index in [-0.39, 0.29) is 5.91 Å². The summed E-state index contributed by atoms with van der Waals surface area (Å²) in [5.74, 6) is 0.619. The molecular formula is C14H17Br2NO. The maximum absolute atomic E-state index is 12.2. The van der Waals surface area contributed by atoms with Gasteiger partial charge in [0.25, 0.3) is 5.91 Å². The quantitative estimate of drug-likeness (QED) is 0.794. The fourth-order valence-electron chi connectivity index (χ4n) is 2.45. The molecule has 0 bridgehead atoms. The number of aryl methyl sites for hydroxylation is 1. The summed E-state index contributed by atoms with van der Waals surface area (Å²) >= 11 is 6.98. The molecule has 0 saturated heterocycles. The average Bonchev–Trinajstić information content (AvgIpc) is 2.79. The van der Waals surface area contributed by atoms with Crippen molar-refractivity contribution in [1.82, 2.24) is 5.32 Å². The zero-order valence-corrected chi connectivity index (χ0v) is 13.6. The van der Waals surface area contributed by atoms with E-state index in [1.165, 1.54) is 12.8 Å². The van der Waals surface area contributed by atoms with Crippen LogP contribution in [0.25, 0.3) is 0 Å². The highest BCUT2D eigenvalue weighted by Gasteiger charge is 2.27. The van der Waals surface area contributed by atoms with E-state index in [1.54, 1.807) is 0 Å². The maximum Gasteiger partial charge on any atom is 0.251 e. The minimum Gasteiger partial charge on any atom is -0.349 e. The lowest BCUT2D eigenvalue weighted by Gasteiger charge is -2.19. The number of nitrogens with one attached hydrogen (secondary N) is 1. The number of halogens is 2. The van der Waals surface area contributed by atoms with Crippen LogP contribution in [-0.4, -0.2) is 17.3 Å². The molecule has 0 aliphatic heterocycles. The molecule has 2 nitrogen and oxygen atoms in total. The molecule has 1 aliphatic rings. The fourth-order valence-corrected chi connectivity index (χ4v) is 3.47. The van der Waals surface area contributed by atoms with Gasteiger partial charge in [-0.05, 0) is 49.4 Å². The molecule has 18 heavy (non-hydrogen) atoms. The van der Waals surface area contributed by atoms with Crippen molar-refractivity contribution in [1.29, 1.82) is 0 Å². The van der Waals surface area contributed by atoms with E-state index in [9.17, 15) is 4.79 Å². The second-order valence-electron chi connectivity index (χ2n) is 4.89. The van der Waals surface area contributed by atoms with Crippen LogP contribution in [0.1, 0.15) is 35.2 Å². The molecular weight excluding hydrogens is 358 g/mol. The summed E-state index contributed by atoms with van der Waals surface area (Å²) in [6.45, 7) is 2.00. The van der Waals surface area contributed by atoms with Gasteiger partial charge in [-0.3, -0.25) is 4.79 Å². The lowest BCUT2D eigenvalue weighted by atomic mass is 10.1. The molecule has 0 radical (unpaired) electrons. The van der Waals surface area contributed by atoms with Gasteiger partial charge in [0.1, 0.15) is 0 Å². The van der Waals surface area contributed by atoms with Crippen LogP contribution in [0.3, 0.4) is 0 Å². The first-order chi connectivity index (χ1) is 8.61. The highest BCUT2D eigenvalue weighted by atomic mass is 79.9. The van der Waals surface area contributed by atoms with Crippen molar-refractivity contribution in [2.75, 3.05) is 5.33 Å². The Labute approximate surface area is 125 Å². The molecule has 0 aromatic heterocycles. The second kappa shape index (κ2) is 6.20. The summed E-state index contributed by atoms with van der Waals surface area (Å²) in [6.07, 6.45) is 3.51. The smallest absolute Gasteiger partial charge is 0.251 e. The Morgan fingerprint density at radius 2 is 2.22 bits per heavy atom. The van der Waals surface area contributed by atoms with Gasteiger partial charge in [0.05, 0.1) is 0 Å². The predicted octanol–water partition coefficient (Wildman–Crippen LogP) is 4.05.